The van der Waals surface area contributed by atoms with E-state index in [2.05, 4.69) is 22.9 Å². The fraction of sp³-hybridized carbons (Fsp3) is 0.206. The van der Waals surface area contributed by atoms with Crippen LogP contribution in [0, 0.1) is 11.3 Å². The predicted molar refractivity (Wildman–Crippen MR) is 160 cm³/mol. The zero-order chi connectivity index (χ0) is 29.7. The summed E-state index contributed by atoms with van der Waals surface area (Å²) in [6, 6.07) is 26.7. The van der Waals surface area contributed by atoms with Gasteiger partial charge in [0.15, 0.2) is 0 Å². The topological polar surface area (TPSA) is 110 Å². The van der Waals surface area contributed by atoms with Crippen LogP contribution >= 0.6 is 0 Å². The van der Waals surface area contributed by atoms with Gasteiger partial charge in [0.05, 0.1) is 41.8 Å². The van der Waals surface area contributed by atoms with E-state index in [9.17, 15) is 9.59 Å². The highest BCUT2D eigenvalue weighted by Crippen LogP contribution is 2.34. The number of unbranched alkanes of at least 4 members (excludes halogenated alkanes) is 3. The number of carbonyl (C=O) groups is 2. The van der Waals surface area contributed by atoms with Crippen LogP contribution in [0.3, 0.4) is 0 Å². The van der Waals surface area contributed by atoms with Gasteiger partial charge in [0.1, 0.15) is 11.5 Å². The number of fused-ring (bicyclic) bond motifs is 1. The Hall–Kier alpha value is -5.29. The number of hydrogen-bond donors (Lipinski definition) is 0. The minimum atomic E-state index is -0.481. The average molecular weight is 562 g/mol. The van der Waals surface area contributed by atoms with E-state index >= 15 is 0 Å². The molecule has 0 unspecified atom stereocenters. The maximum Gasteiger partial charge on any atom is 0.343 e. The summed E-state index contributed by atoms with van der Waals surface area (Å²) in [5.41, 5.74) is 2.62. The van der Waals surface area contributed by atoms with Gasteiger partial charge in [0.25, 0.3) is 0 Å². The van der Waals surface area contributed by atoms with Crippen LogP contribution in [0.2, 0.25) is 0 Å². The zero-order valence-electron chi connectivity index (χ0n) is 23.4. The molecule has 0 bridgehead atoms. The van der Waals surface area contributed by atoms with Crippen LogP contribution in [0.4, 0.5) is 11.4 Å². The first-order chi connectivity index (χ1) is 20.4. The Morgan fingerprint density at radius 1 is 0.810 bits per heavy atom. The van der Waals surface area contributed by atoms with Gasteiger partial charge in [-0.25, -0.2) is 9.59 Å². The molecule has 4 aromatic rings. The number of benzene rings is 4. The Balaban J connectivity index is 1.29. The van der Waals surface area contributed by atoms with Crippen LogP contribution in [0.15, 0.2) is 107 Å². The number of nitrogens with zero attached hydrogens (tertiary/aromatic N) is 3. The molecule has 0 saturated carbocycles. The molecule has 0 amide bonds. The van der Waals surface area contributed by atoms with Crippen molar-refractivity contribution in [3.63, 3.8) is 0 Å². The van der Waals surface area contributed by atoms with Crippen molar-refractivity contribution < 1.29 is 23.8 Å². The molecule has 0 aliphatic rings. The van der Waals surface area contributed by atoms with Gasteiger partial charge < -0.3 is 14.2 Å². The first-order valence-corrected chi connectivity index (χ1v) is 13.7. The molecular weight excluding hydrogens is 530 g/mol. The Bertz CT molecular complexity index is 1620. The molecule has 0 heterocycles. The van der Waals surface area contributed by atoms with Crippen molar-refractivity contribution in [2.45, 2.75) is 32.6 Å². The summed E-state index contributed by atoms with van der Waals surface area (Å²) >= 11 is 0. The normalized spacial score (nSPS) is 10.8. The molecule has 0 radical (unpaired) electrons. The van der Waals surface area contributed by atoms with E-state index < -0.39 is 5.97 Å². The minimum absolute atomic E-state index is 0.350. The summed E-state index contributed by atoms with van der Waals surface area (Å²) < 4.78 is 16.6. The lowest BCUT2D eigenvalue weighted by Crippen LogP contribution is -2.08. The molecule has 4 rings (SSSR count). The lowest BCUT2D eigenvalue weighted by Gasteiger charge is -2.10. The SMILES string of the molecule is C=C(C)C(=O)OCCCCCCOc1ccc(C(=O)Oc2ccc(N=Nc3ccc(C#N)cc3)c3ccccc23)cc1. The summed E-state index contributed by atoms with van der Waals surface area (Å²) in [6.45, 7) is 6.14. The number of nitriles is 1. The minimum Gasteiger partial charge on any atom is -0.494 e. The maximum absolute atomic E-state index is 12.9. The first kappa shape index (κ1) is 29.7. The van der Waals surface area contributed by atoms with Gasteiger partial charge >= 0.3 is 11.9 Å². The maximum atomic E-state index is 12.9. The quantitative estimate of drug-likeness (QED) is 0.0533. The van der Waals surface area contributed by atoms with Crippen molar-refractivity contribution in [1.82, 2.24) is 0 Å². The zero-order valence-corrected chi connectivity index (χ0v) is 23.4. The molecule has 8 heteroatoms. The van der Waals surface area contributed by atoms with Gasteiger partial charge in [0, 0.05) is 16.3 Å². The summed E-state index contributed by atoms with van der Waals surface area (Å²) in [7, 11) is 0. The standard InChI is InChI=1S/C34H31N3O5/c1-24(2)33(38)41-22-8-4-3-7-21-40-28-17-13-26(14-18-28)34(39)42-32-20-19-31(29-9-5-6-10-30(29)32)37-36-27-15-11-25(23-35)12-16-27/h5-6,9-20H,1,3-4,7-8,21-22H2,2H3. The second kappa shape index (κ2) is 14.9. The van der Waals surface area contributed by atoms with Crippen LogP contribution in [0.5, 0.6) is 11.5 Å². The van der Waals surface area contributed by atoms with Crippen LogP contribution in [0.25, 0.3) is 10.8 Å². The predicted octanol–water partition coefficient (Wildman–Crippen LogP) is 8.40. The fourth-order valence-corrected chi connectivity index (χ4v) is 4.03. The highest BCUT2D eigenvalue weighted by atomic mass is 16.5. The summed E-state index contributed by atoms with van der Waals surface area (Å²) in [6.07, 6.45) is 3.57. The van der Waals surface area contributed by atoms with Gasteiger partial charge in [-0.2, -0.15) is 10.4 Å². The molecule has 42 heavy (non-hydrogen) atoms. The lowest BCUT2D eigenvalue weighted by atomic mass is 10.1. The van der Waals surface area contributed by atoms with Gasteiger partial charge in [-0.3, -0.25) is 0 Å². The Morgan fingerprint density at radius 3 is 2.19 bits per heavy atom. The summed E-state index contributed by atoms with van der Waals surface area (Å²) in [5, 5.41) is 19.1. The van der Waals surface area contributed by atoms with E-state index in [0.29, 0.717) is 52.8 Å². The van der Waals surface area contributed by atoms with E-state index in [1.54, 1.807) is 67.6 Å². The smallest absolute Gasteiger partial charge is 0.343 e. The third-order valence-electron chi connectivity index (χ3n) is 6.31. The molecule has 8 nitrogen and oxygen atoms in total. The van der Waals surface area contributed by atoms with Crippen molar-refractivity contribution in [2.24, 2.45) is 10.2 Å². The van der Waals surface area contributed by atoms with Crippen LogP contribution < -0.4 is 9.47 Å². The molecule has 212 valence electrons. The third-order valence-corrected chi connectivity index (χ3v) is 6.31. The molecule has 0 aromatic heterocycles. The Kier molecular flexibility index (Phi) is 10.5. The molecular formula is C34H31N3O5. The Morgan fingerprint density at radius 2 is 1.50 bits per heavy atom. The van der Waals surface area contributed by atoms with E-state index in [4.69, 9.17) is 19.5 Å². The number of esters is 2. The van der Waals surface area contributed by atoms with Crippen molar-refractivity contribution in [3.05, 3.63) is 108 Å². The number of hydrogen-bond acceptors (Lipinski definition) is 8. The number of azo groups is 1. The lowest BCUT2D eigenvalue weighted by molar-refractivity contribution is -0.139. The second-order valence-electron chi connectivity index (χ2n) is 9.58. The van der Waals surface area contributed by atoms with E-state index in [1.807, 2.05) is 24.3 Å². The number of carbonyl (C=O) groups excluding carboxylic acids is 2. The van der Waals surface area contributed by atoms with Crippen molar-refractivity contribution >= 4 is 34.1 Å². The molecule has 0 fully saturated rings. The summed E-state index contributed by atoms with van der Waals surface area (Å²) in [4.78, 5) is 24.3. The molecule has 0 saturated heterocycles. The van der Waals surface area contributed by atoms with Gasteiger partial charge in [-0.15, -0.1) is 5.11 Å². The molecule has 0 aliphatic heterocycles. The van der Waals surface area contributed by atoms with Crippen LogP contribution in [-0.4, -0.2) is 25.2 Å². The van der Waals surface area contributed by atoms with Crippen molar-refractivity contribution in [3.8, 4) is 17.6 Å². The average Bonchev–Trinajstić information content (AvgIpc) is 3.02. The molecule has 0 aliphatic carbocycles. The van der Waals surface area contributed by atoms with Crippen molar-refractivity contribution in [2.75, 3.05) is 13.2 Å². The highest BCUT2D eigenvalue weighted by Gasteiger charge is 2.13. The van der Waals surface area contributed by atoms with Crippen LogP contribution in [-0.2, 0) is 9.53 Å². The largest absolute Gasteiger partial charge is 0.494 e. The third kappa shape index (κ3) is 8.35. The van der Waals surface area contributed by atoms with E-state index in [-0.39, 0.29) is 5.97 Å². The molecule has 0 N–H and O–H groups in total. The first-order valence-electron chi connectivity index (χ1n) is 13.7. The van der Waals surface area contributed by atoms with E-state index in [0.717, 1.165) is 36.5 Å². The fourth-order valence-electron chi connectivity index (χ4n) is 4.03. The molecule has 4 aromatic carbocycles. The number of rotatable bonds is 13. The highest BCUT2D eigenvalue weighted by molar-refractivity contribution is 5.99. The summed E-state index contributed by atoms with van der Waals surface area (Å²) in [5.74, 6) is 0.259. The Labute approximate surface area is 244 Å². The molecule has 0 spiro atoms. The van der Waals surface area contributed by atoms with Gasteiger partial charge in [-0.1, -0.05) is 30.8 Å². The van der Waals surface area contributed by atoms with Gasteiger partial charge in [-0.05, 0) is 93.3 Å². The molecule has 0 atom stereocenters. The van der Waals surface area contributed by atoms with Crippen LogP contribution in [0.1, 0.15) is 48.5 Å². The second-order valence-corrected chi connectivity index (χ2v) is 9.58. The monoisotopic (exact) mass is 561 g/mol. The van der Waals surface area contributed by atoms with Gasteiger partial charge in [0.2, 0.25) is 0 Å². The number of ether oxygens (including phenoxy) is 3. The van der Waals surface area contributed by atoms with Crippen molar-refractivity contribution in [1.29, 1.82) is 5.26 Å². The van der Waals surface area contributed by atoms with E-state index in [1.165, 1.54) is 0 Å².